The highest BCUT2D eigenvalue weighted by atomic mass is 16.5. The molecule has 0 bridgehead atoms. The van der Waals surface area contributed by atoms with Gasteiger partial charge in [-0.15, -0.1) is 0 Å². The summed E-state index contributed by atoms with van der Waals surface area (Å²) in [6.07, 6.45) is 1.58. The van der Waals surface area contributed by atoms with Crippen LogP contribution in [0.5, 0.6) is 0 Å². The Balaban J connectivity index is 2.32. The Bertz CT molecular complexity index is 435. The van der Waals surface area contributed by atoms with Crippen LogP contribution in [0.2, 0.25) is 0 Å². The van der Waals surface area contributed by atoms with Gasteiger partial charge in [-0.2, -0.15) is 0 Å². The van der Waals surface area contributed by atoms with Gasteiger partial charge >= 0.3 is 0 Å². The average molecular weight is 236 g/mol. The summed E-state index contributed by atoms with van der Waals surface area (Å²) >= 11 is 0. The molecule has 0 aromatic carbocycles. The molecule has 0 spiro atoms. The van der Waals surface area contributed by atoms with Crippen molar-refractivity contribution in [3.05, 3.63) is 17.8 Å². The Morgan fingerprint density at radius 1 is 1.65 bits per heavy atom. The molecule has 1 saturated heterocycles. The number of pyridine rings is 1. The molecule has 1 aromatic rings. The highest BCUT2D eigenvalue weighted by molar-refractivity contribution is 5.84. The van der Waals surface area contributed by atoms with Gasteiger partial charge in [0.2, 0.25) is 5.91 Å². The van der Waals surface area contributed by atoms with E-state index in [4.69, 9.17) is 16.2 Å². The molecule has 1 aromatic heterocycles. The molecule has 0 radical (unpaired) electrons. The van der Waals surface area contributed by atoms with E-state index in [9.17, 15) is 4.79 Å². The quantitative estimate of drug-likeness (QED) is 0.732. The molecule has 92 valence electrons. The molecule has 6 nitrogen and oxygen atoms in total. The Morgan fingerprint density at radius 3 is 3.06 bits per heavy atom. The fourth-order valence-corrected chi connectivity index (χ4v) is 1.98. The van der Waals surface area contributed by atoms with Gasteiger partial charge in [0.1, 0.15) is 11.9 Å². The lowest BCUT2D eigenvalue weighted by molar-refractivity contribution is -0.121. The summed E-state index contributed by atoms with van der Waals surface area (Å²) in [7, 11) is 0. The number of ether oxygens (including phenoxy) is 1. The number of morpholine rings is 1. The third kappa shape index (κ3) is 2.31. The predicted octanol–water partition coefficient (Wildman–Crippen LogP) is -0.337. The molecule has 0 saturated carbocycles. The van der Waals surface area contributed by atoms with E-state index in [0.29, 0.717) is 25.4 Å². The lowest BCUT2D eigenvalue weighted by Gasteiger charge is -2.35. The van der Waals surface area contributed by atoms with Crippen molar-refractivity contribution < 1.29 is 9.53 Å². The van der Waals surface area contributed by atoms with Crippen molar-refractivity contribution in [2.24, 2.45) is 5.73 Å². The first-order chi connectivity index (χ1) is 8.09. The van der Waals surface area contributed by atoms with Crippen LogP contribution in [0.3, 0.4) is 0 Å². The number of aryl methyl sites for hydroxylation is 1. The maximum absolute atomic E-state index is 11.4. The predicted molar refractivity (Wildman–Crippen MR) is 64.5 cm³/mol. The number of hydrogen-bond acceptors (Lipinski definition) is 5. The zero-order valence-electron chi connectivity index (χ0n) is 9.72. The van der Waals surface area contributed by atoms with Gasteiger partial charge in [-0.25, -0.2) is 4.98 Å². The number of carbonyl (C=O) groups excluding carboxylic acids is 1. The van der Waals surface area contributed by atoms with Crippen molar-refractivity contribution in [3.63, 3.8) is 0 Å². The molecule has 1 amide bonds. The fourth-order valence-electron chi connectivity index (χ4n) is 1.98. The lowest BCUT2D eigenvalue weighted by atomic mass is 10.1. The summed E-state index contributed by atoms with van der Waals surface area (Å²) in [5, 5.41) is 0. The lowest BCUT2D eigenvalue weighted by Crippen LogP contribution is -2.53. The molecular formula is C11H16N4O2. The minimum absolute atomic E-state index is 0.306. The third-order valence-corrected chi connectivity index (χ3v) is 2.80. The molecule has 1 atom stereocenters. The number of anilines is 2. The normalized spacial score (nSPS) is 20.3. The van der Waals surface area contributed by atoms with E-state index in [1.807, 2.05) is 17.9 Å². The SMILES string of the molecule is Cc1cc(N)cnc1N1CCOCC1C(N)=O. The molecule has 1 aliphatic rings. The van der Waals surface area contributed by atoms with Gasteiger partial charge in [-0.05, 0) is 18.6 Å². The van der Waals surface area contributed by atoms with Gasteiger partial charge in [0, 0.05) is 6.54 Å². The molecule has 4 N–H and O–H groups in total. The zero-order chi connectivity index (χ0) is 12.4. The number of nitrogen functional groups attached to an aromatic ring is 1. The minimum atomic E-state index is -0.460. The van der Waals surface area contributed by atoms with E-state index < -0.39 is 11.9 Å². The monoisotopic (exact) mass is 236 g/mol. The summed E-state index contributed by atoms with van der Waals surface area (Å²) in [5.41, 5.74) is 12.6. The van der Waals surface area contributed by atoms with E-state index >= 15 is 0 Å². The van der Waals surface area contributed by atoms with Gasteiger partial charge < -0.3 is 21.1 Å². The summed E-state index contributed by atoms with van der Waals surface area (Å²) in [6, 6.07) is 1.37. The van der Waals surface area contributed by atoms with Gasteiger partial charge in [0.15, 0.2) is 0 Å². The summed E-state index contributed by atoms with van der Waals surface area (Å²) < 4.78 is 5.26. The first kappa shape index (κ1) is 11.7. The number of rotatable bonds is 2. The van der Waals surface area contributed by atoms with E-state index in [-0.39, 0.29) is 0 Å². The smallest absolute Gasteiger partial charge is 0.242 e. The van der Waals surface area contributed by atoms with Gasteiger partial charge in [-0.3, -0.25) is 4.79 Å². The number of hydrogen-bond donors (Lipinski definition) is 2. The second-order valence-corrected chi connectivity index (χ2v) is 4.10. The minimum Gasteiger partial charge on any atom is -0.397 e. The number of primary amides is 1. The fraction of sp³-hybridized carbons (Fsp3) is 0.455. The molecule has 1 fully saturated rings. The molecule has 17 heavy (non-hydrogen) atoms. The van der Waals surface area contributed by atoms with Gasteiger partial charge in [0.25, 0.3) is 0 Å². The average Bonchev–Trinajstić information content (AvgIpc) is 2.29. The number of nitrogens with two attached hydrogens (primary N) is 2. The summed E-state index contributed by atoms with van der Waals surface area (Å²) in [5.74, 6) is 0.342. The number of amides is 1. The Kier molecular flexibility index (Phi) is 3.14. The first-order valence-electron chi connectivity index (χ1n) is 5.45. The van der Waals surface area contributed by atoms with Crippen molar-refractivity contribution in [1.29, 1.82) is 0 Å². The Labute approximate surface area is 99.5 Å². The topological polar surface area (TPSA) is 94.5 Å². The van der Waals surface area contributed by atoms with E-state index in [0.717, 1.165) is 11.4 Å². The molecule has 1 aliphatic heterocycles. The summed E-state index contributed by atoms with van der Waals surface area (Å²) in [6.45, 7) is 3.38. The Morgan fingerprint density at radius 2 is 2.41 bits per heavy atom. The number of aromatic nitrogens is 1. The Hall–Kier alpha value is -1.82. The highest BCUT2D eigenvalue weighted by Crippen LogP contribution is 2.22. The van der Waals surface area contributed by atoms with E-state index in [1.165, 1.54) is 0 Å². The van der Waals surface area contributed by atoms with Crippen molar-refractivity contribution in [2.45, 2.75) is 13.0 Å². The van der Waals surface area contributed by atoms with Crippen LogP contribution in [0, 0.1) is 6.92 Å². The van der Waals surface area contributed by atoms with Gasteiger partial charge in [-0.1, -0.05) is 0 Å². The molecule has 2 heterocycles. The molecule has 0 aliphatic carbocycles. The molecule has 2 rings (SSSR count). The standard InChI is InChI=1S/C11H16N4O2/c1-7-4-8(12)5-14-11(7)15-2-3-17-6-9(15)10(13)16/h4-5,9H,2-3,6,12H2,1H3,(H2,13,16). The van der Waals surface area contributed by atoms with Crippen molar-refractivity contribution in [2.75, 3.05) is 30.4 Å². The van der Waals surface area contributed by atoms with Crippen molar-refractivity contribution >= 4 is 17.4 Å². The third-order valence-electron chi connectivity index (χ3n) is 2.80. The van der Waals surface area contributed by atoms with E-state index in [1.54, 1.807) is 6.20 Å². The van der Waals surface area contributed by atoms with Crippen LogP contribution < -0.4 is 16.4 Å². The number of nitrogens with zero attached hydrogens (tertiary/aromatic N) is 2. The highest BCUT2D eigenvalue weighted by Gasteiger charge is 2.29. The van der Waals surface area contributed by atoms with Crippen molar-refractivity contribution in [1.82, 2.24) is 4.98 Å². The van der Waals surface area contributed by atoms with E-state index in [2.05, 4.69) is 4.98 Å². The van der Waals surface area contributed by atoms with Crippen LogP contribution in [0.25, 0.3) is 0 Å². The van der Waals surface area contributed by atoms with Crippen molar-refractivity contribution in [3.8, 4) is 0 Å². The second kappa shape index (κ2) is 4.58. The van der Waals surface area contributed by atoms with Crippen LogP contribution in [0.1, 0.15) is 5.56 Å². The van der Waals surface area contributed by atoms with Crippen LogP contribution in [-0.2, 0) is 9.53 Å². The first-order valence-corrected chi connectivity index (χ1v) is 5.45. The summed E-state index contributed by atoms with van der Waals surface area (Å²) in [4.78, 5) is 17.5. The number of carbonyl (C=O) groups is 1. The zero-order valence-corrected chi connectivity index (χ0v) is 9.72. The molecule has 1 unspecified atom stereocenters. The van der Waals surface area contributed by atoms with Crippen LogP contribution in [-0.4, -0.2) is 36.7 Å². The van der Waals surface area contributed by atoms with Crippen LogP contribution >= 0.6 is 0 Å². The second-order valence-electron chi connectivity index (χ2n) is 4.10. The van der Waals surface area contributed by atoms with Crippen LogP contribution in [0.4, 0.5) is 11.5 Å². The maximum atomic E-state index is 11.4. The largest absolute Gasteiger partial charge is 0.397 e. The molecular weight excluding hydrogens is 220 g/mol. The van der Waals surface area contributed by atoms with Gasteiger partial charge in [0.05, 0.1) is 25.1 Å². The maximum Gasteiger partial charge on any atom is 0.242 e. The molecule has 6 heteroatoms. The van der Waals surface area contributed by atoms with Crippen LogP contribution in [0.15, 0.2) is 12.3 Å².